The molecule has 0 saturated carbocycles. The molecule has 5 heteroatoms. The summed E-state index contributed by atoms with van der Waals surface area (Å²) < 4.78 is 16.1. The summed E-state index contributed by atoms with van der Waals surface area (Å²) in [6.45, 7) is 2.91. The van der Waals surface area contributed by atoms with Gasteiger partial charge in [0, 0.05) is 12.0 Å². The number of fused-ring (bicyclic) bond motifs is 1. The average Bonchev–Trinajstić information content (AvgIpc) is 2.65. The van der Waals surface area contributed by atoms with E-state index in [2.05, 4.69) is 4.90 Å². The summed E-state index contributed by atoms with van der Waals surface area (Å²) >= 11 is 0. The van der Waals surface area contributed by atoms with E-state index in [1.165, 1.54) is 38.8 Å². The summed E-state index contributed by atoms with van der Waals surface area (Å²) in [5.41, 5.74) is 0.504. The molecule has 2 fully saturated rings. The highest BCUT2D eigenvalue weighted by Gasteiger charge is 2.33. The second-order valence-corrected chi connectivity index (χ2v) is 6.67. The fraction of sp³-hybridized carbons (Fsp3) is 0.632. The Labute approximate surface area is 143 Å². The maximum Gasteiger partial charge on any atom is 0.338 e. The lowest BCUT2D eigenvalue weighted by molar-refractivity contribution is 0.00737. The summed E-state index contributed by atoms with van der Waals surface area (Å²) in [4.78, 5) is 15.0. The Balaban J connectivity index is 1.60. The lowest BCUT2D eigenvalue weighted by atomic mass is 9.84. The van der Waals surface area contributed by atoms with Crippen molar-refractivity contribution in [1.82, 2.24) is 4.90 Å². The van der Waals surface area contributed by atoms with Gasteiger partial charge < -0.3 is 14.2 Å². The highest BCUT2D eigenvalue weighted by molar-refractivity contribution is 5.90. The van der Waals surface area contributed by atoms with Crippen LogP contribution in [0, 0.1) is 5.92 Å². The molecule has 0 amide bonds. The van der Waals surface area contributed by atoms with Gasteiger partial charge in [0.05, 0.1) is 26.4 Å². The third kappa shape index (κ3) is 3.66. The Kier molecular flexibility index (Phi) is 5.61. The van der Waals surface area contributed by atoms with Crippen LogP contribution in [0.25, 0.3) is 0 Å². The Morgan fingerprint density at radius 2 is 1.88 bits per heavy atom. The van der Waals surface area contributed by atoms with Gasteiger partial charge in [0.25, 0.3) is 0 Å². The lowest BCUT2D eigenvalue weighted by Crippen LogP contribution is -2.49. The molecule has 2 aliphatic rings. The second kappa shape index (κ2) is 7.88. The molecular weight excluding hydrogens is 306 g/mol. The van der Waals surface area contributed by atoms with Crippen molar-refractivity contribution in [3.8, 4) is 11.5 Å². The van der Waals surface area contributed by atoms with E-state index in [-0.39, 0.29) is 5.97 Å². The molecule has 0 aliphatic carbocycles. The molecule has 0 bridgehead atoms. The van der Waals surface area contributed by atoms with Gasteiger partial charge in [-0.05, 0) is 57.0 Å². The molecule has 3 rings (SSSR count). The second-order valence-electron chi connectivity index (χ2n) is 6.67. The van der Waals surface area contributed by atoms with Gasteiger partial charge in [-0.1, -0.05) is 6.42 Å². The fourth-order valence-electron chi connectivity index (χ4n) is 4.00. The molecule has 24 heavy (non-hydrogen) atoms. The van der Waals surface area contributed by atoms with Crippen LogP contribution in [0.2, 0.25) is 0 Å². The molecule has 1 aromatic rings. The van der Waals surface area contributed by atoms with Crippen LogP contribution in [0.4, 0.5) is 0 Å². The molecule has 2 saturated heterocycles. The maximum atomic E-state index is 12.4. The fourth-order valence-corrected chi connectivity index (χ4v) is 4.00. The zero-order valence-electron chi connectivity index (χ0n) is 14.6. The minimum atomic E-state index is -0.288. The third-order valence-corrected chi connectivity index (χ3v) is 5.28. The smallest absolute Gasteiger partial charge is 0.338 e. The number of carbonyl (C=O) groups is 1. The molecule has 2 aliphatic heterocycles. The first-order valence-corrected chi connectivity index (χ1v) is 8.86. The number of ether oxygens (including phenoxy) is 3. The van der Waals surface area contributed by atoms with Crippen molar-refractivity contribution in [3.63, 3.8) is 0 Å². The zero-order chi connectivity index (χ0) is 16.9. The minimum Gasteiger partial charge on any atom is -0.493 e. The van der Waals surface area contributed by atoms with E-state index in [1.807, 2.05) is 0 Å². The number of hydrogen-bond donors (Lipinski definition) is 0. The van der Waals surface area contributed by atoms with Crippen LogP contribution >= 0.6 is 0 Å². The monoisotopic (exact) mass is 333 g/mol. The van der Waals surface area contributed by atoms with Gasteiger partial charge in [-0.3, -0.25) is 4.90 Å². The van der Waals surface area contributed by atoms with E-state index in [9.17, 15) is 4.79 Å². The van der Waals surface area contributed by atoms with Gasteiger partial charge in [-0.2, -0.15) is 0 Å². The standard InChI is InChI=1S/C19H27NO4/c1-22-17-9-8-14(12-18(17)23-2)19(21)24-13-15-6-5-11-20-10-4-3-7-16(15)20/h8-9,12,15-16H,3-7,10-11,13H2,1-2H3/t15-,16?/m0/s1. The van der Waals surface area contributed by atoms with Crippen LogP contribution in [-0.2, 0) is 4.74 Å². The van der Waals surface area contributed by atoms with Crippen LogP contribution in [0.15, 0.2) is 18.2 Å². The topological polar surface area (TPSA) is 48.0 Å². The van der Waals surface area contributed by atoms with Crippen LogP contribution < -0.4 is 9.47 Å². The number of piperidine rings is 2. The van der Waals surface area contributed by atoms with Crippen molar-refractivity contribution in [2.24, 2.45) is 5.92 Å². The quantitative estimate of drug-likeness (QED) is 0.775. The number of benzene rings is 1. The van der Waals surface area contributed by atoms with Gasteiger partial charge in [-0.15, -0.1) is 0 Å². The Hall–Kier alpha value is -1.75. The Morgan fingerprint density at radius 3 is 2.67 bits per heavy atom. The van der Waals surface area contributed by atoms with E-state index in [0.717, 1.165) is 6.42 Å². The molecule has 132 valence electrons. The molecule has 0 aromatic heterocycles. The predicted octanol–water partition coefficient (Wildman–Crippen LogP) is 3.13. The van der Waals surface area contributed by atoms with Crippen molar-refractivity contribution in [3.05, 3.63) is 23.8 Å². The first-order valence-electron chi connectivity index (χ1n) is 8.86. The van der Waals surface area contributed by atoms with Crippen molar-refractivity contribution in [2.45, 2.75) is 38.1 Å². The lowest BCUT2D eigenvalue weighted by Gasteiger charge is -2.44. The third-order valence-electron chi connectivity index (χ3n) is 5.28. The molecular formula is C19H27NO4. The first kappa shape index (κ1) is 17.1. The van der Waals surface area contributed by atoms with Gasteiger partial charge in [-0.25, -0.2) is 4.79 Å². The van der Waals surface area contributed by atoms with Crippen molar-refractivity contribution in [1.29, 1.82) is 0 Å². The SMILES string of the molecule is COc1ccc(C(=O)OC[C@@H]2CCCN3CCCCC23)cc1OC. The molecule has 1 unspecified atom stereocenters. The van der Waals surface area contributed by atoms with E-state index in [1.54, 1.807) is 32.4 Å². The van der Waals surface area contributed by atoms with Crippen LogP contribution in [0.5, 0.6) is 11.5 Å². The van der Waals surface area contributed by atoms with E-state index < -0.39 is 0 Å². The number of hydrogen-bond acceptors (Lipinski definition) is 5. The normalized spacial score (nSPS) is 24.1. The first-order chi connectivity index (χ1) is 11.7. The zero-order valence-corrected chi connectivity index (χ0v) is 14.6. The van der Waals surface area contributed by atoms with Crippen LogP contribution in [-0.4, -0.2) is 50.8 Å². The Bertz CT molecular complexity index is 572. The molecule has 0 radical (unpaired) electrons. The number of carbonyl (C=O) groups excluding carboxylic acids is 1. The maximum absolute atomic E-state index is 12.4. The molecule has 2 heterocycles. The van der Waals surface area contributed by atoms with Crippen molar-refractivity contribution < 1.29 is 19.0 Å². The van der Waals surface area contributed by atoms with Crippen LogP contribution in [0.1, 0.15) is 42.5 Å². The average molecular weight is 333 g/mol. The summed E-state index contributed by atoms with van der Waals surface area (Å²) in [5, 5.41) is 0. The number of methoxy groups -OCH3 is 2. The molecule has 2 atom stereocenters. The molecule has 0 spiro atoms. The van der Waals surface area contributed by atoms with Crippen molar-refractivity contribution >= 4 is 5.97 Å². The van der Waals surface area contributed by atoms with E-state index in [4.69, 9.17) is 14.2 Å². The summed E-state index contributed by atoms with van der Waals surface area (Å²) in [5.74, 6) is 1.33. The highest BCUT2D eigenvalue weighted by Crippen LogP contribution is 2.32. The van der Waals surface area contributed by atoms with E-state index in [0.29, 0.717) is 35.6 Å². The number of esters is 1. The summed E-state index contributed by atoms with van der Waals surface area (Å²) in [6, 6.07) is 5.72. The predicted molar refractivity (Wildman–Crippen MR) is 91.8 cm³/mol. The van der Waals surface area contributed by atoms with Crippen molar-refractivity contribution in [2.75, 3.05) is 33.9 Å². The molecule has 1 aromatic carbocycles. The summed E-state index contributed by atoms with van der Waals surface area (Å²) in [6.07, 6.45) is 6.18. The molecule has 5 nitrogen and oxygen atoms in total. The summed E-state index contributed by atoms with van der Waals surface area (Å²) in [7, 11) is 3.14. The minimum absolute atomic E-state index is 0.288. The van der Waals surface area contributed by atoms with Crippen LogP contribution in [0.3, 0.4) is 0 Å². The van der Waals surface area contributed by atoms with Gasteiger partial charge in [0.1, 0.15) is 0 Å². The Morgan fingerprint density at radius 1 is 1.08 bits per heavy atom. The van der Waals surface area contributed by atoms with Gasteiger partial charge in [0.15, 0.2) is 11.5 Å². The number of nitrogens with zero attached hydrogens (tertiary/aromatic N) is 1. The van der Waals surface area contributed by atoms with Gasteiger partial charge >= 0.3 is 5.97 Å². The number of rotatable bonds is 5. The largest absolute Gasteiger partial charge is 0.493 e. The highest BCUT2D eigenvalue weighted by atomic mass is 16.5. The molecule has 0 N–H and O–H groups in total. The van der Waals surface area contributed by atoms with Gasteiger partial charge in [0.2, 0.25) is 0 Å². The van der Waals surface area contributed by atoms with E-state index >= 15 is 0 Å².